The summed E-state index contributed by atoms with van der Waals surface area (Å²) in [6.07, 6.45) is 4.54. The predicted octanol–water partition coefficient (Wildman–Crippen LogP) is 0.988. The summed E-state index contributed by atoms with van der Waals surface area (Å²) in [5.41, 5.74) is 2.58. The molecule has 0 amide bonds. The van der Waals surface area contributed by atoms with E-state index in [4.69, 9.17) is 10.6 Å². The summed E-state index contributed by atoms with van der Waals surface area (Å²) in [7, 11) is 1.75. The fourth-order valence-corrected chi connectivity index (χ4v) is 2.21. The molecule has 0 spiro atoms. The molecule has 4 N–H and O–H groups in total. The molecule has 1 aliphatic rings. The van der Waals surface area contributed by atoms with Gasteiger partial charge in [-0.25, -0.2) is 10.8 Å². The zero-order chi connectivity index (χ0) is 12.5. The number of nitrogens with one attached hydrogen (secondary N) is 2. The summed E-state index contributed by atoms with van der Waals surface area (Å²) < 4.78 is 5.41. The van der Waals surface area contributed by atoms with Gasteiger partial charge < -0.3 is 15.5 Å². The normalized spacial score (nSPS) is 26.1. The molecule has 2 atom stereocenters. The van der Waals surface area contributed by atoms with Crippen molar-refractivity contribution >= 4 is 11.6 Å². The number of hydrazine groups is 1. The molecule has 1 aromatic rings. The van der Waals surface area contributed by atoms with E-state index < -0.39 is 0 Å². The van der Waals surface area contributed by atoms with E-state index in [-0.39, 0.29) is 5.41 Å². The molecule has 0 saturated heterocycles. The quantitative estimate of drug-likeness (QED) is 0.535. The molecule has 0 bridgehead atoms. The van der Waals surface area contributed by atoms with Crippen molar-refractivity contribution in [1.82, 2.24) is 9.97 Å². The molecule has 0 aromatic carbocycles. The second-order valence-electron chi connectivity index (χ2n) is 4.91. The van der Waals surface area contributed by atoms with Gasteiger partial charge in [0.15, 0.2) is 5.82 Å². The second kappa shape index (κ2) is 4.46. The number of aromatic nitrogens is 2. The van der Waals surface area contributed by atoms with Gasteiger partial charge in [0.25, 0.3) is 0 Å². The molecule has 1 saturated carbocycles. The van der Waals surface area contributed by atoms with Crippen LogP contribution < -0.4 is 16.6 Å². The first kappa shape index (κ1) is 12.1. The Hall–Kier alpha value is -1.40. The van der Waals surface area contributed by atoms with Crippen LogP contribution in [0.3, 0.4) is 0 Å². The van der Waals surface area contributed by atoms with Gasteiger partial charge in [-0.05, 0) is 6.42 Å². The van der Waals surface area contributed by atoms with Gasteiger partial charge in [-0.3, -0.25) is 4.98 Å². The molecule has 2 unspecified atom stereocenters. The lowest BCUT2D eigenvalue weighted by Crippen LogP contribution is -2.57. The van der Waals surface area contributed by atoms with E-state index in [1.54, 1.807) is 19.5 Å². The zero-order valence-corrected chi connectivity index (χ0v) is 10.4. The maximum Gasteiger partial charge on any atom is 0.160 e. The Morgan fingerprint density at radius 1 is 1.41 bits per heavy atom. The highest BCUT2D eigenvalue weighted by Crippen LogP contribution is 2.43. The number of anilines is 2. The minimum absolute atomic E-state index is 0.0998. The van der Waals surface area contributed by atoms with Crippen molar-refractivity contribution in [2.75, 3.05) is 17.9 Å². The Morgan fingerprint density at radius 3 is 2.71 bits per heavy atom. The van der Waals surface area contributed by atoms with Gasteiger partial charge in [-0.2, -0.15) is 0 Å². The van der Waals surface area contributed by atoms with E-state index in [9.17, 15) is 0 Å². The Bertz CT molecular complexity index is 395. The third kappa shape index (κ3) is 2.18. The van der Waals surface area contributed by atoms with Crippen LogP contribution in [-0.2, 0) is 4.74 Å². The van der Waals surface area contributed by atoms with Crippen molar-refractivity contribution in [1.29, 1.82) is 0 Å². The highest BCUT2D eigenvalue weighted by molar-refractivity contribution is 5.42. The number of hydrogen-bond acceptors (Lipinski definition) is 6. The fraction of sp³-hybridized carbons (Fsp3) is 0.636. The Kier molecular flexibility index (Phi) is 3.17. The van der Waals surface area contributed by atoms with Crippen LogP contribution in [0.5, 0.6) is 0 Å². The molecule has 0 aliphatic heterocycles. The smallest absolute Gasteiger partial charge is 0.160 e. The highest BCUT2D eigenvalue weighted by atomic mass is 16.5. The number of nitrogen functional groups attached to an aromatic ring is 1. The second-order valence-corrected chi connectivity index (χ2v) is 4.91. The zero-order valence-electron chi connectivity index (χ0n) is 10.4. The van der Waals surface area contributed by atoms with Gasteiger partial charge in [0.2, 0.25) is 0 Å². The van der Waals surface area contributed by atoms with Crippen molar-refractivity contribution < 1.29 is 4.74 Å². The maximum absolute atomic E-state index is 5.41. The first-order chi connectivity index (χ1) is 8.07. The SMILES string of the molecule is COC1CC(Nc2cncc(NN)n2)C1(C)C. The number of hydrogen-bond donors (Lipinski definition) is 3. The first-order valence-corrected chi connectivity index (χ1v) is 5.66. The lowest BCUT2D eigenvalue weighted by Gasteiger charge is -2.51. The molecule has 1 aliphatic carbocycles. The van der Waals surface area contributed by atoms with Crippen LogP contribution in [0.4, 0.5) is 11.6 Å². The number of nitrogens with two attached hydrogens (primary N) is 1. The van der Waals surface area contributed by atoms with Crippen LogP contribution in [-0.4, -0.2) is 29.2 Å². The summed E-state index contributed by atoms with van der Waals surface area (Å²) in [6.45, 7) is 4.36. The van der Waals surface area contributed by atoms with E-state index in [1.807, 2.05) is 0 Å². The van der Waals surface area contributed by atoms with Gasteiger partial charge >= 0.3 is 0 Å². The Morgan fingerprint density at radius 2 is 2.12 bits per heavy atom. The van der Waals surface area contributed by atoms with Crippen molar-refractivity contribution in [3.63, 3.8) is 0 Å². The van der Waals surface area contributed by atoms with Gasteiger partial charge in [0.1, 0.15) is 5.82 Å². The molecule has 6 heteroatoms. The number of nitrogens with zero attached hydrogens (tertiary/aromatic N) is 2. The molecule has 6 nitrogen and oxygen atoms in total. The lowest BCUT2D eigenvalue weighted by atomic mass is 9.64. The van der Waals surface area contributed by atoms with Crippen molar-refractivity contribution in [2.45, 2.75) is 32.4 Å². The topological polar surface area (TPSA) is 85.1 Å². The number of rotatable bonds is 4. The third-order valence-corrected chi connectivity index (χ3v) is 3.57. The van der Waals surface area contributed by atoms with E-state index in [1.165, 1.54) is 0 Å². The van der Waals surface area contributed by atoms with Crippen LogP contribution in [0, 0.1) is 5.41 Å². The minimum Gasteiger partial charge on any atom is -0.381 e. The van der Waals surface area contributed by atoms with Crippen LogP contribution in [0.2, 0.25) is 0 Å². The van der Waals surface area contributed by atoms with Crippen LogP contribution in [0.15, 0.2) is 12.4 Å². The summed E-state index contributed by atoms with van der Waals surface area (Å²) in [5, 5.41) is 3.36. The fourth-order valence-electron chi connectivity index (χ4n) is 2.21. The summed E-state index contributed by atoms with van der Waals surface area (Å²) in [6, 6.07) is 0.342. The Balaban J connectivity index is 2.02. The van der Waals surface area contributed by atoms with Crippen LogP contribution in [0.1, 0.15) is 20.3 Å². The first-order valence-electron chi connectivity index (χ1n) is 5.66. The molecule has 17 heavy (non-hydrogen) atoms. The average Bonchev–Trinajstić information content (AvgIpc) is 2.34. The molecular formula is C11H19N5O. The molecule has 1 aromatic heterocycles. The van der Waals surface area contributed by atoms with Gasteiger partial charge in [-0.1, -0.05) is 13.8 Å². The standard InChI is InChI=1S/C11H19N5O/c1-11(2)7(4-8(11)17-3)14-9-5-13-6-10(15-9)16-12/h5-8H,4,12H2,1-3H3,(H2,14,15,16). The Labute approximate surface area is 101 Å². The van der Waals surface area contributed by atoms with E-state index in [2.05, 4.69) is 34.6 Å². The predicted molar refractivity (Wildman–Crippen MR) is 66.4 cm³/mol. The van der Waals surface area contributed by atoms with Crippen molar-refractivity contribution in [2.24, 2.45) is 11.3 Å². The van der Waals surface area contributed by atoms with Crippen LogP contribution >= 0.6 is 0 Å². The maximum atomic E-state index is 5.41. The van der Waals surface area contributed by atoms with E-state index in [0.717, 1.165) is 12.2 Å². The third-order valence-electron chi connectivity index (χ3n) is 3.57. The largest absolute Gasteiger partial charge is 0.381 e. The minimum atomic E-state index is 0.0998. The number of methoxy groups -OCH3 is 1. The van der Waals surface area contributed by atoms with Crippen LogP contribution in [0.25, 0.3) is 0 Å². The molecule has 0 radical (unpaired) electrons. The van der Waals surface area contributed by atoms with E-state index >= 15 is 0 Å². The lowest BCUT2D eigenvalue weighted by molar-refractivity contribution is -0.0795. The summed E-state index contributed by atoms with van der Waals surface area (Å²) in [4.78, 5) is 8.33. The molecule has 2 rings (SSSR count). The highest BCUT2D eigenvalue weighted by Gasteiger charge is 2.48. The average molecular weight is 237 g/mol. The van der Waals surface area contributed by atoms with Gasteiger partial charge in [-0.15, -0.1) is 0 Å². The van der Waals surface area contributed by atoms with E-state index in [0.29, 0.717) is 18.0 Å². The molecule has 1 heterocycles. The van der Waals surface area contributed by atoms with Crippen molar-refractivity contribution in [3.05, 3.63) is 12.4 Å². The summed E-state index contributed by atoms with van der Waals surface area (Å²) >= 11 is 0. The molecule has 94 valence electrons. The molecular weight excluding hydrogens is 218 g/mol. The van der Waals surface area contributed by atoms with Gasteiger partial charge in [0, 0.05) is 18.6 Å². The van der Waals surface area contributed by atoms with Gasteiger partial charge in [0.05, 0.1) is 18.5 Å². The summed E-state index contributed by atoms with van der Waals surface area (Å²) in [5.74, 6) is 6.57. The van der Waals surface area contributed by atoms with Crippen molar-refractivity contribution in [3.8, 4) is 0 Å². The monoisotopic (exact) mass is 237 g/mol. The molecule has 1 fully saturated rings. The number of ether oxygens (including phenoxy) is 1.